The number of phenols is 1. The Labute approximate surface area is 84.8 Å². The third-order valence-corrected chi connectivity index (χ3v) is 2.06. The lowest BCUT2D eigenvalue weighted by molar-refractivity contribution is 0.475. The van der Waals surface area contributed by atoms with Gasteiger partial charge in [0, 0.05) is 5.33 Å². The SMILES string of the molecule is Oc1cc(C=CCBr)ccc1Cl. The number of aromatic hydroxyl groups is 1. The highest BCUT2D eigenvalue weighted by atomic mass is 79.9. The first-order valence-electron chi connectivity index (χ1n) is 3.45. The van der Waals surface area contributed by atoms with Crippen LogP contribution in [0.1, 0.15) is 5.56 Å². The first kappa shape index (κ1) is 9.62. The van der Waals surface area contributed by atoms with Crippen molar-refractivity contribution in [1.29, 1.82) is 0 Å². The molecule has 0 aliphatic heterocycles. The van der Waals surface area contributed by atoms with Gasteiger partial charge in [0.1, 0.15) is 5.75 Å². The van der Waals surface area contributed by atoms with Crippen molar-refractivity contribution < 1.29 is 5.11 Å². The second-order valence-corrected chi connectivity index (χ2v) is 3.32. The summed E-state index contributed by atoms with van der Waals surface area (Å²) in [6, 6.07) is 5.15. The molecule has 0 saturated heterocycles. The highest BCUT2D eigenvalue weighted by molar-refractivity contribution is 9.09. The van der Waals surface area contributed by atoms with Crippen LogP contribution in [-0.2, 0) is 0 Å². The van der Waals surface area contributed by atoms with E-state index in [-0.39, 0.29) is 5.75 Å². The van der Waals surface area contributed by atoms with Gasteiger partial charge in [0.25, 0.3) is 0 Å². The van der Waals surface area contributed by atoms with Gasteiger partial charge in [0.2, 0.25) is 0 Å². The lowest BCUT2D eigenvalue weighted by atomic mass is 10.2. The average molecular weight is 248 g/mol. The summed E-state index contributed by atoms with van der Waals surface area (Å²) in [6.07, 6.45) is 3.85. The van der Waals surface area contributed by atoms with Crippen LogP contribution < -0.4 is 0 Å². The highest BCUT2D eigenvalue weighted by Crippen LogP contribution is 2.24. The topological polar surface area (TPSA) is 20.2 Å². The van der Waals surface area contributed by atoms with Gasteiger partial charge in [-0.15, -0.1) is 0 Å². The molecule has 0 aliphatic carbocycles. The number of benzene rings is 1. The largest absolute Gasteiger partial charge is 0.506 e. The van der Waals surface area contributed by atoms with Gasteiger partial charge in [-0.05, 0) is 17.7 Å². The minimum absolute atomic E-state index is 0.119. The molecule has 0 aromatic heterocycles. The molecule has 0 atom stereocenters. The third-order valence-electron chi connectivity index (χ3n) is 1.37. The summed E-state index contributed by atoms with van der Waals surface area (Å²) in [5, 5.41) is 10.4. The quantitative estimate of drug-likeness (QED) is 0.794. The van der Waals surface area contributed by atoms with Crippen molar-refractivity contribution >= 4 is 33.6 Å². The maximum atomic E-state index is 9.22. The minimum Gasteiger partial charge on any atom is -0.506 e. The lowest BCUT2D eigenvalue weighted by Gasteiger charge is -1.97. The van der Waals surface area contributed by atoms with Gasteiger partial charge in [-0.25, -0.2) is 0 Å². The smallest absolute Gasteiger partial charge is 0.134 e. The second-order valence-electron chi connectivity index (χ2n) is 2.27. The predicted octanol–water partition coefficient (Wildman–Crippen LogP) is 3.45. The van der Waals surface area contributed by atoms with Crippen LogP contribution in [0.3, 0.4) is 0 Å². The van der Waals surface area contributed by atoms with Crippen molar-refractivity contribution in [3.05, 3.63) is 34.9 Å². The lowest BCUT2D eigenvalue weighted by Crippen LogP contribution is -1.73. The van der Waals surface area contributed by atoms with Crippen LogP contribution in [0.25, 0.3) is 6.08 Å². The molecule has 0 bridgehead atoms. The van der Waals surface area contributed by atoms with Crippen LogP contribution in [0.4, 0.5) is 0 Å². The Bertz CT molecular complexity index is 297. The molecule has 64 valence electrons. The first-order chi connectivity index (χ1) is 5.74. The number of alkyl halides is 1. The number of rotatable bonds is 2. The average Bonchev–Trinajstić information content (AvgIpc) is 2.07. The zero-order valence-corrected chi connectivity index (χ0v) is 8.64. The standard InChI is InChI=1S/C9H8BrClO/c10-5-1-2-7-3-4-8(11)9(12)6-7/h1-4,6,12H,5H2. The van der Waals surface area contributed by atoms with Gasteiger partial charge >= 0.3 is 0 Å². The molecule has 12 heavy (non-hydrogen) atoms. The number of hydrogen-bond acceptors (Lipinski definition) is 1. The van der Waals surface area contributed by atoms with Gasteiger partial charge in [0.05, 0.1) is 5.02 Å². The second kappa shape index (κ2) is 4.53. The van der Waals surface area contributed by atoms with E-state index in [1.165, 1.54) is 0 Å². The van der Waals surface area contributed by atoms with E-state index >= 15 is 0 Å². The number of allylic oxidation sites excluding steroid dienone is 1. The monoisotopic (exact) mass is 246 g/mol. The summed E-state index contributed by atoms with van der Waals surface area (Å²) in [5.74, 6) is 0.119. The molecule has 1 nitrogen and oxygen atoms in total. The van der Waals surface area contributed by atoms with Crippen LogP contribution >= 0.6 is 27.5 Å². The van der Waals surface area contributed by atoms with Crippen molar-refractivity contribution in [2.75, 3.05) is 5.33 Å². The highest BCUT2D eigenvalue weighted by Gasteiger charge is 1.96. The molecule has 1 aromatic carbocycles. The summed E-state index contributed by atoms with van der Waals surface area (Å²) in [7, 11) is 0. The van der Waals surface area contributed by atoms with Crippen molar-refractivity contribution in [2.24, 2.45) is 0 Å². The van der Waals surface area contributed by atoms with Gasteiger partial charge < -0.3 is 5.11 Å². The van der Waals surface area contributed by atoms with E-state index < -0.39 is 0 Å². The molecule has 1 rings (SSSR count). The molecule has 0 amide bonds. The Hall–Kier alpha value is -0.470. The fourth-order valence-electron chi connectivity index (χ4n) is 0.814. The van der Waals surface area contributed by atoms with Crippen molar-refractivity contribution in [3.63, 3.8) is 0 Å². The Morgan fingerprint density at radius 2 is 2.25 bits per heavy atom. The maximum absolute atomic E-state index is 9.22. The molecule has 1 N–H and O–H groups in total. The Balaban J connectivity index is 2.89. The number of hydrogen-bond donors (Lipinski definition) is 1. The molecular weight excluding hydrogens is 239 g/mol. The van der Waals surface area contributed by atoms with Crippen LogP contribution in [0.15, 0.2) is 24.3 Å². The minimum atomic E-state index is 0.119. The van der Waals surface area contributed by atoms with Gasteiger partial charge in [-0.3, -0.25) is 0 Å². The molecule has 0 unspecified atom stereocenters. The summed E-state index contributed by atoms with van der Waals surface area (Å²) in [6.45, 7) is 0. The predicted molar refractivity (Wildman–Crippen MR) is 55.9 cm³/mol. The van der Waals surface area contributed by atoms with E-state index in [9.17, 15) is 5.11 Å². The van der Waals surface area contributed by atoms with E-state index in [4.69, 9.17) is 11.6 Å². The van der Waals surface area contributed by atoms with E-state index in [0.29, 0.717) is 5.02 Å². The fraction of sp³-hybridized carbons (Fsp3) is 0.111. The van der Waals surface area contributed by atoms with E-state index in [1.807, 2.05) is 18.2 Å². The Morgan fingerprint density at radius 3 is 2.83 bits per heavy atom. The molecule has 0 heterocycles. The zero-order chi connectivity index (χ0) is 8.97. The summed E-state index contributed by atoms with van der Waals surface area (Å²) in [5.41, 5.74) is 0.941. The fourth-order valence-corrected chi connectivity index (χ4v) is 1.12. The zero-order valence-electron chi connectivity index (χ0n) is 6.30. The molecule has 0 spiro atoms. The van der Waals surface area contributed by atoms with Crippen molar-refractivity contribution in [3.8, 4) is 5.75 Å². The van der Waals surface area contributed by atoms with Crippen molar-refractivity contribution in [1.82, 2.24) is 0 Å². The van der Waals surface area contributed by atoms with Crippen LogP contribution in [-0.4, -0.2) is 10.4 Å². The van der Waals surface area contributed by atoms with Gasteiger partial charge in [-0.1, -0.05) is 45.7 Å². The van der Waals surface area contributed by atoms with E-state index in [0.717, 1.165) is 10.9 Å². The van der Waals surface area contributed by atoms with E-state index in [2.05, 4.69) is 15.9 Å². The molecule has 0 radical (unpaired) electrons. The maximum Gasteiger partial charge on any atom is 0.134 e. The number of halogens is 2. The molecule has 0 saturated carbocycles. The van der Waals surface area contributed by atoms with Crippen molar-refractivity contribution in [2.45, 2.75) is 0 Å². The van der Waals surface area contributed by atoms with Gasteiger partial charge in [-0.2, -0.15) is 0 Å². The third kappa shape index (κ3) is 2.54. The van der Waals surface area contributed by atoms with Crippen LogP contribution in [0.5, 0.6) is 5.75 Å². The first-order valence-corrected chi connectivity index (χ1v) is 4.95. The molecule has 0 aliphatic rings. The molecular formula is C9H8BrClO. The summed E-state index contributed by atoms with van der Waals surface area (Å²) >= 11 is 8.90. The Morgan fingerprint density at radius 1 is 1.50 bits per heavy atom. The Kier molecular flexibility index (Phi) is 3.63. The van der Waals surface area contributed by atoms with E-state index in [1.54, 1.807) is 12.1 Å². The molecule has 3 heteroatoms. The number of phenolic OH excluding ortho intramolecular Hbond substituents is 1. The molecule has 0 fully saturated rings. The van der Waals surface area contributed by atoms with Crippen LogP contribution in [0.2, 0.25) is 5.02 Å². The summed E-state index contributed by atoms with van der Waals surface area (Å²) < 4.78 is 0. The van der Waals surface area contributed by atoms with Crippen LogP contribution in [0, 0.1) is 0 Å². The van der Waals surface area contributed by atoms with Gasteiger partial charge in [0.15, 0.2) is 0 Å². The summed E-state index contributed by atoms with van der Waals surface area (Å²) in [4.78, 5) is 0. The normalized spacial score (nSPS) is 10.8. The molecule has 1 aromatic rings.